The number of anilines is 1. The number of hydrogen-bond donors (Lipinski definition) is 1. The molecule has 3 aromatic rings. The highest BCUT2D eigenvalue weighted by Crippen LogP contribution is 2.25. The van der Waals surface area contributed by atoms with E-state index in [1.54, 1.807) is 12.4 Å². The topological polar surface area (TPSA) is 59.8 Å². The third kappa shape index (κ3) is 2.60. The fourth-order valence-corrected chi connectivity index (χ4v) is 2.43. The Morgan fingerprint density at radius 3 is 2.80 bits per heavy atom. The van der Waals surface area contributed by atoms with Crippen LogP contribution in [0.25, 0.3) is 11.3 Å². The van der Waals surface area contributed by atoms with Crippen molar-refractivity contribution in [1.29, 1.82) is 0 Å². The van der Waals surface area contributed by atoms with Gasteiger partial charge in [0.1, 0.15) is 6.33 Å². The molecule has 0 bridgehead atoms. The minimum Gasteiger partial charge on any atom is -0.283 e. The van der Waals surface area contributed by atoms with Crippen LogP contribution in [-0.4, -0.2) is 20.6 Å². The van der Waals surface area contributed by atoms with Gasteiger partial charge in [0, 0.05) is 23.3 Å². The molecule has 100 valence electrons. The predicted molar refractivity (Wildman–Crippen MR) is 78.9 cm³/mol. The molecular weight excluding hydrogens is 272 g/mol. The van der Waals surface area contributed by atoms with Crippen molar-refractivity contribution in [2.45, 2.75) is 6.92 Å². The molecule has 0 saturated carbocycles. The second kappa shape index (κ2) is 5.26. The average Bonchev–Trinajstić information content (AvgIpc) is 3.10. The Morgan fingerprint density at radius 1 is 1.30 bits per heavy atom. The average molecular weight is 284 g/mol. The molecule has 1 aromatic carbocycles. The van der Waals surface area contributed by atoms with Crippen LogP contribution in [0.1, 0.15) is 5.56 Å². The first-order chi connectivity index (χ1) is 9.72. The smallest absolute Gasteiger partial charge is 0.283 e. The minimum absolute atomic E-state index is 0.271. The number of benzene rings is 1. The van der Waals surface area contributed by atoms with Crippen molar-refractivity contribution < 1.29 is 4.79 Å². The highest BCUT2D eigenvalue weighted by Gasteiger charge is 2.08. The van der Waals surface area contributed by atoms with E-state index in [0.717, 1.165) is 11.3 Å². The molecule has 0 unspecified atom stereocenters. The number of nitrogens with zero attached hydrogens (tertiary/aromatic N) is 3. The second-order valence-electron chi connectivity index (χ2n) is 4.30. The van der Waals surface area contributed by atoms with Gasteiger partial charge in [0.2, 0.25) is 0 Å². The molecule has 20 heavy (non-hydrogen) atoms. The number of hydrogen-bond acceptors (Lipinski definition) is 4. The van der Waals surface area contributed by atoms with Gasteiger partial charge in [-0.05, 0) is 6.92 Å². The standard InChI is InChI=1S/C14H12N4OS/c1-10-2-4-11(5-3-10)12-8-20-13(16-12)17-14(19)18-7-6-15-9-18/h2-9H,1H3,(H,16,17,19). The van der Waals surface area contributed by atoms with Gasteiger partial charge in [-0.2, -0.15) is 0 Å². The quantitative estimate of drug-likeness (QED) is 0.784. The van der Waals surface area contributed by atoms with Gasteiger partial charge in [-0.3, -0.25) is 9.88 Å². The number of nitrogens with one attached hydrogen (secondary N) is 1. The summed E-state index contributed by atoms with van der Waals surface area (Å²) in [7, 11) is 0. The van der Waals surface area contributed by atoms with Gasteiger partial charge in [0.15, 0.2) is 5.13 Å². The van der Waals surface area contributed by atoms with E-state index in [9.17, 15) is 4.79 Å². The van der Waals surface area contributed by atoms with Crippen molar-refractivity contribution in [2.75, 3.05) is 5.32 Å². The molecule has 1 amide bonds. The molecule has 0 aliphatic rings. The molecule has 6 heteroatoms. The van der Waals surface area contributed by atoms with Crippen LogP contribution in [0.2, 0.25) is 0 Å². The lowest BCUT2D eigenvalue weighted by Gasteiger charge is -2.00. The lowest BCUT2D eigenvalue weighted by molar-refractivity contribution is 0.253. The van der Waals surface area contributed by atoms with Gasteiger partial charge in [-0.15, -0.1) is 11.3 Å². The summed E-state index contributed by atoms with van der Waals surface area (Å²) in [5.74, 6) is 0. The Hall–Kier alpha value is -2.47. The van der Waals surface area contributed by atoms with E-state index in [-0.39, 0.29) is 6.03 Å². The first kappa shape index (κ1) is 12.6. The van der Waals surface area contributed by atoms with Crippen molar-refractivity contribution in [1.82, 2.24) is 14.5 Å². The summed E-state index contributed by atoms with van der Waals surface area (Å²) in [6.45, 7) is 2.04. The Balaban J connectivity index is 1.77. The van der Waals surface area contributed by atoms with E-state index >= 15 is 0 Å². The zero-order chi connectivity index (χ0) is 13.9. The van der Waals surface area contributed by atoms with E-state index in [1.165, 1.54) is 27.8 Å². The normalized spacial score (nSPS) is 10.4. The van der Waals surface area contributed by atoms with E-state index in [1.807, 2.05) is 36.6 Å². The van der Waals surface area contributed by atoms with Crippen molar-refractivity contribution >= 4 is 22.5 Å². The fraction of sp³-hybridized carbons (Fsp3) is 0.0714. The zero-order valence-corrected chi connectivity index (χ0v) is 11.6. The summed E-state index contributed by atoms with van der Waals surface area (Å²) in [5.41, 5.74) is 3.10. The van der Waals surface area contributed by atoms with Crippen LogP contribution in [0.15, 0.2) is 48.4 Å². The number of amides is 1. The number of rotatable bonds is 2. The molecule has 2 aromatic heterocycles. The molecule has 0 fully saturated rings. The van der Waals surface area contributed by atoms with Crippen molar-refractivity contribution in [3.63, 3.8) is 0 Å². The lowest BCUT2D eigenvalue weighted by atomic mass is 10.1. The SMILES string of the molecule is Cc1ccc(-c2csc(NC(=O)n3ccnc3)n2)cc1. The van der Waals surface area contributed by atoms with Crippen LogP contribution in [0.5, 0.6) is 0 Å². The predicted octanol–water partition coefficient (Wildman–Crippen LogP) is 3.40. The van der Waals surface area contributed by atoms with E-state index in [4.69, 9.17) is 0 Å². The Labute approximate surface area is 119 Å². The third-order valence-corrected chi connectivity index (χ3v) is 3.56. The molecule has 0 aliphatic carbocycles. The van der Waals surface area contributed by atoms with Crippen LogP contribution < -0.4 is 5.32 Å². The largest absolute Gasteiger partial charge is 0.333 e. The molecule has 3 rings (SSSR count). The first-order valence-corrected chi connectivity index (χ1v) is 6.92. The van der Waals surface area contributed by atoms with E-state index < -0.39 is 0 Å². The molecule has 0 radical (unpaired) electrons. The summed E-state index contributed by atoms with van der Waals surface area (Å²) >= 11 is 1.40. The second-order valence-corrected chi connectivity index (χ2v) is 5.16. The summed E-state index contributed by atoms with van der Waals surface area (Å²) < 4.78 is 1.37. The number of carbonyl (C=O) groups is 1. The van der Waals surface area contributed by atoms with Gasteiger partial charge in [-0.1, -0.05) is 29.8 Å². The Kier molecular flexibility index (Phi) is 3.30. The Bertz CT molecular complexity index is 716. The number of aryl methyl sites for hydroxylation is 1. The van der Waals surface area contributed by atoms with Gasteiger partial charge in [0.25, 0.3) is 0 Å². The minimum atomic E-state index is -0.271. The highest BCUT2D eigenvalue weighted by molar-refractivity contribution is 7.14. The van der Waals surface area contributed by atoms with Crippen LogP contribution >= 0.6 is 11.3 Å². The molecule has 1 N–H and O–H groups in total. The van der Waals surface area contributed by atoms with Crippen molar-refractivity contribution in [3.8, 4) is 11.3 Å². The molecule has 0 spiro atoms. The maximum absolute atomic E-state index is 11.8. The molecule has 0 aliphatic heterocycles. The van der Waals surface area contributed by atoms with E-state index in [2.05, 4.69) is 15.3 Å². The number of thiazole rings is 1. The number of aromatic nitrogens is 3. The molecule has 2 heterocycles. The third-order valence-electron chi connectivity index (χ3n) is 2.80. The molecule has 0 saturated heterocycles. The van der Waals surface area contributed by atoms with Gasteiger partial charge >= 0.3 is 6.03 Å². The van der Waals surface area contributed by atoms with Gasteiger partial charge in [-0.25, -0.2) is 14.8 Å². The number of imidazole rings is 1. The monoisotopic (exact) mass is 284 g/mol. The van der Waals surface area contributed by atoms with Crippen LogP contribution in [0.3, 0.4) is 0 Å². The van der Waals surface area contributed by atoms with Crippen LogP contribution in [-0.2, 0) is 0 Å². The summed E-state index contributed by atoms with van der Waals surface area (Å²) in [6, 6.07) is 7.85. The van der Waals surface area contributed by atoms with Crippen LogP contribution in [0.4, 0.5) is 9.93 Å². The lowest BCUT2D eigenvalue weighted by Crippen LogP contribution is -2.17. The van der Waals surface area contributed by atoms with E-state index in [0.29, 0.717) is 5.13 Å². The van der Waals surface area contributed by atoms with Crippen molar-refractivity contribution in [2.24, 2.45) is 0 Å². The summed E-state index contributed by atoms with van der Waals surface area (Å²) in [5, 5.41) is 5.23. The fourth-order valence-electron chi connectivity index (χ4n) is 1.72. The summed E-state index contributed by atoms with van der Waals surface area (Å²) in [6.07, 6.45) is 4.59. The molecular formula is C14H12N4OS. The maximum Gasteiger partial charge on any atom is 0.333 e. The summed E-state index contributed by atoms with van der Waals surface area (Å²) in [4.78, 5) is 20.1. The molecule has 0 atom stereocenters. The molecule has 5 nitrogen and oxygen atoms in total. The van der Waals surface area contributed by atoms with Crippen LogP contribution in [0, 0.1) is 6.92 Å². The zero-order valence-electron chi connectivity index (χ0n) is 10.8. The maximum atomic E-state index is 11.8. The van der Waals surface area contributed by atoms with Crippen molar-refractivity contribution in [3.05, 3.63) is 53.9 Å². The Morgan fingerprint density at radius 2 is 2.10 bits per heavy atom. The van der Waals surface area contributed by atoms with Gasteiger partial charge in [0.05, 0.1) is 5.69 Å². The first-order valence-electron chi connectivity index (χ1n) is 6.04. The van der Waals surface area contributed by atoms with Gasteiger partial charge < -0.3 is 0 Å². The number of carbonyl (C=O) groups excluding carboxylic acids is 1. The highest BCUT2D eigenvalue weighted by atomic mass is 32.1.